The van der Waals surface area contributed by atoms with Gasteiger partial charge in [-0.2, -0.15) is 0 Å². The quantitative estimate of drug-likeness (QED) is 0.421. The van der Waals surface area contributed by atoms with Crippen LogP contribution in [-0.4, -0.2) is 25.0 Å². The van der Waals surface area contributed by atoms with Crippen molar-refractivity contribution in [2.75, 3.05) is 20.1 Å². The van der Waals surface area contributed by atoms with Crippen molar-refractivity contribution in [1.29, 1.82) is 0 Å². The molecule has 2 fully saturated rings. The molecule has 0 atom stereocenters. The van der Waals surface area contributed by atoms with Gasteiger partial charge in [0.05, 0.1) is 0 Å². The van der Waals surface area contributed by atoms with E-state index in [1.54, 1.807) is 0 Å². The monoisotopic (exact) mass is 307 g/mol. The molecule has 1 nitrogen and oxygen atoms in total. The molecular weight excluding hydrogens is 266 g/mol. The summed E-state index contributed by atoms with van der Waals surface area (Å²) in [5.74, 6) is 2.16. The van der Waals surface area contributed by atoms with Crippen LogP contribution in [0.3, 0.4) is 0 Å². The second-order valence-corrected chi connectivity index (χ2v) is 8.30. The highest BCUT2D eigenvalue weighted by Crippen LogP contribution is 2.28. The molecule has 0 aromatic carbocycles. The topological polar surface area (TPSA) is 3.24 Å². The largest absolute Gasteiger partial charge is 0.306 e. The van der Waals surface area contributed by atoms with E-state index in [4.69, 9.17) is 0 Å². The van der Waals surface area contributed by atoms with E-state index >= 15 is 0 Å². The summed E-state index contributed by atoms with van der Waals surface area (Å²) >= 11 is 0. The Labute approximate surface area is 140 Å². The summed E-state index contributed by atoms with van der Waals surface area (Å²) in [7, 11) is 2.33. The summed E-state index contributed by atoms with van der Waals surface area (Å²) < 4.78 is 0. The molecule has 0 bridgehead atoms. The van der Waals surface area contributed by atoms with Crippen LogP contribution in [0.1, 0.15) is 103 Å². The van der Waals surface area contributed by atoms with Gasteiger partial charge in [-0.25, -0.2) is 0 Å². The van der Waals surface area contributed by atoms with Gasteiger partial charge in [-0.05, 0) is 44.8 Å². The Morgan fingerprint density at radius 3 is 1.41 bits per heavy atom. The molecule has 0 aliphatic heterocycles. The highest BCUT2D eigenvalue weighted by Gasteiger charge is 2.13. The maximum Gasteiger partial charge on any atom is -0.00218 e. The second kappa shape index (κ2) is 11.5. The van der Waals surface area contributed by atoms with Crippen LogP contribution in [0.2, 0.25) is 0 Å². The van der Waals surface area contributed by atoms with Crippen molar-refractivity contribution in [3.05, 3.63) is 0 Å². The lowest BCUT2D eigenvalue weighted by Crippen LogP contribution is -2.21. The Balaban J connectivity index is 1.38. The average molecular weight is 308 g/mol. The van der Waals surface area contributed by atoms with E-state index in [9.17, 15) is 0 Å². The van der Waals surface area contributed by atoms with Crippen molar-refractivity contribution >= 4 is 0 Å². The van der Waals surface area contributed by atoms with Crippen molar-refractivity contribution in [3.8, 4) is 0 Å². The first-order valence-corrected chi connectivity index (χ1v) is 10.5. The molecule has 0 unspecified atom stereocenters. The van der Waals surface area contributed by atoms with Crippen LogP contribution in [0.4, 0.5) is 0 Å². The lowest BCUT2D eigenvalue weighted by molar-refractivity contribution is 0.283. The van der Waals surface area contributed by atoms with Crippen molar-refractivity contribution in [1.82, 2.24) is 4.90 Å². The molecule has 0 amide bonds. The third-order valence-electron chi connectivity index (χ3n) is 6.25. The third kappa shape index (κ3) is 7.99. The van der Waals surface area contributed by atoms with Gasteiger partial charge in [0.15, 0.2) is 0 Å². The van der Waals surface area contributed by atoms with Gasteiger partial charge in [-0.3, -0.25) is 0 Å². The average Bonchev–Trinajstić information content (AvgIpc) is 2.57. The van der Waals surface area contributed by atoms with E-state index in [1.807, 2.05) is 0 Å². The summed E-state index contributed by atoms with van der Waals surface area (Å²) in [6.07, 6.45) is 23.9. The first-order valence-electron chi connectivity index (χ1n) is 10.5. The minimum absolute atomic E-state index is 1.08. The standard InChI is InChI=1S/C21H41N/c1-22(18-10-8-16-20-12-4-2-5-13-20)19-11-9-17-21-14-6-3-7-15-21/h20-21H,2-19H2,1H3. The fourth-order valence-corrected chi connectivity index (χ4v) is 4.69. The molecule has 0 heterocycles. The predicted molar refractivity (Wildman–Crippen MR) is 98.3 cm³/mol. The Morgan fingerprint density at radius 1 is 0.591 bits per heavy atom. The molecule has 2 aliphatic carbocycles. The summed E-state index contributed by atoms with van der Waals surface area (Å²) in [5.41, 5.74) is 0. The van der Waals surface area contributed by atoms with Crippen LogP contribution < -0.4 is 0 Å². The first kappa shape index (κ1) is 18.3. The van der Waals surface area contributed by atoms with Crippen molar-refractivity contribution in [3.63, 3.8) is 0 Å². The molecule has 0 aromatic rings. The molecule has 1 heteroatoms. The summed E-state index contributed by atoms with van der Waals surface area (Å²) in [6, 6.07) is 0. The Kier molecular flexibility index (Phi) is 9.56. The normalized spacial score (nSPS) is 21.5. The number of nitrogens with zero attached hydrogens (tertiary/aromatic N) is 1. The maximum atomic E-state index is 2.59. The second-order valence-electron chi connectivity index (χ2n) is 8.30. The van der Waals surface area contributed by atoms with E-state index < -0.39 is 0 Å². The van der Waals surface area contributed by atoms with Gasteiger partial charge < -0.3 is 4.90 Å². The molecule has 0 spiro atoms. The van der Waals surface area contributed by atoms with Crippen LogP contribution in [-0.2, 0) is 0 Å². The molecule has 2 rings (SSSR count). The zero-order chi connectivity index (χ0) is 15.5. The molecule has 0 aromatic heterocycles. The SMILES string of the molecule is CN(CCCCC1CCCCC1)CCCCC1CCCCC1. The predicted octanol–water partition coefficient (Wildman–Crippen LogP) is 6.42. The minimum atomic E-state index is 1.08. The van der Waals surface area contributed by atoms with E-state index in [2.05, 4.69) is 11.9 Å². The van der Waals surface area contributed by atoms with Gasteiger partial charge in [0.1, 0.15) is 0 Å². The van der Waals surface area contributed by atoms with E-state index in [0.29, 0.717) is 0 Å². The Hall–Kier alpha value is -0.0400. The molecule has 2 saturated carbocycles. The van der Waals surface area contributed by atoms with Gasteiger partial charge in [0.2, 0.25) is 0 Å². The first-order chi connectivity index (χ1) is 10.8. The highest BCUT2D eigenvalue weighted by atomic mass is 15.1. The van der Waals surface area contributed by atoms with Gasteiger partial charge in [0, 0.05) is 0 Å². The molecule has 0 N–H and O–H groups in total. The lowest BCUT2D eigenvalue weighted by Gasteiger charge is -2.23. The highest BCUT2D eigenvalue weighted by molar-refractivity contribution is 4.67. The summed E-state index contributed by atoms with van der Waals surface area (Å²) in [6.45, 7) is 2.66. The summed E-state index contributed by atoms with van der Waals surface area (Å²) in [5, 5.41) is 0. The lowest BCUT2D eigenvalue weighted by atomic mass is 9.85. The van der Waals surface area contributed by atoms with Crippen LogP contribution in [0.5, 0.6) is 0 Å². The number of hydrogen-bond donors (Lipinski definition) is 0. The van der Waals surface area contributed by atoms with Crippen LogP contribution in [0.25, 0.3) is 0 Å². The van der Waals surface area contributed by atoms with Crippen molar-refractivity contribution in [2.24, 2.45) is 11.8 Å². The molecule has 2 aliphatic rings. The zero-order valence-electron chi connectivity index (χ0n) is 15.3. The fraction of sp³-hybridized carbons (Fsp3) is 1.00. The smallest absolute Gasteiger partial charge is 0.00218 e. The van der Waals surface area contributed by atoms with Crippen LogP contribution >= 0.6 is 0 Å². The van der Waals surface area contributed by atoms with Gasteiger partial charge >= 0.3 is 0 Å². The third-order valence-corrected chi connectivity index (χ3v) is 6.25. The molecule has 0 saturated heterocycles. The Bertz CT molecular complexity index is 225. The van der Waals surface area contributed by atoms with Crippen LogP contribution in [0.15, 0.2) is 0 Å². The van der Waals surface area contributed by atoms with Crippen molar-refractivity contribution in [2.45, 2.75) is 103 Å². The molecule has 130 valence electrons. The number of hydrogen-bond acceptors (Lipinski definition) is 1. The number of unbranched alkanes of at least 4 members (excludes halogenated alkanes) is 2. The van der Waals surface area contributed by atoms with Crippen LogP contribution in [0, 0.1) is 11.8 Å². The molecule has 22 heavy (non-hydrogen) atoms. The van der Waals surface area contributed by atoms with E-state index in [0.717, 1.165) is 11.8 Å². The van der Waals surface area contributed by atoms with E-state index in [1.165, 1.54) is 116 Å². The minimum Gasteiger partial charge on any atom is -0.306 e. The maximum absolute atomic E-state index is 2.59. The molecule has 0 radical (unpaired) electrons. The van der Waals surface area contributed by atoms with Gasteiger partial charge in [-0.1, -0.05) is 89.9 Å². The summed E-state index contributed by atoms with van der Waals surface area (Å²) in [4.78, 5) is 2.59. The van der Waals surface area contributed by atoms with Crippen molar-refractivity contribution < 1.29 is 0 Å². The van der Waals surface area contributed by atoms with Gasteiger partial charge in [0.25, 0.3) is 0 Å². The zero-order valence-corrected chi connectivity index (χ0v) is 15.3. The van der Waals surface area contributed by atoms with Gasteiger partial charge in [-0.15, -0.1) is 0 Å². The Morgan fingerprint density at radius 2 is 1.00 bits per heavy atom. The molecular formula is C21H41N. The fourth-order valence-electron chi connectivity index (χ4n) is 4.69. The number of rotatable bonds is 10. The van der Waals surface area contributed by atoms with E-state index in [-0.39, 0.29) is 0 Å².